The van der Waals surface area contributed by atoms with Crippen LogP contribution >= 0.6 is 0 Å². The van der Waals surface area contributed by atoms with E-state index in [1.807, 2.05) is 6.07 Å². The van der Waals surface area contributed by atoms with Gasteiger partial charge >= 0.3 is 0 Å². The molecule has 13 heavy (non-hydrogen) atoms. The molecule has 0 saturated heterocycles. The van der Waals surface area contributed by atoms with Crippen molar-refractivity contribution in [3.8, 4) is 11.9 Å². The Bertz CT molecular complexity index is 330. The highest BCUT2D eigenvalue weighted by Crippen LogP contribution is 2.09. The molecule has 4 heteroatoms. The van der Waals surface area contributed by atoms with Crippen LogP contribution in [0.25, 0.3) is 0 Å². The standard InChI is InChI=1S/C9H9N3O/c1-2-3-6-13-9-8(7-10)11-4-5-12-9/h2,4-5H,1,3,6H2. The number of hydrogen-bond donors (Lipinski definition) is 0. The number of aromatic nitrogens is 2. The van der Waals surface area contributed by atoms with Crippen molar-refractivity contribution in [1.82, 2.24) is 9.97 Å². The second-order valence-electron chi connectivity index (χ2n) is 2.25. The zero-order chi connectivity index (χ0) is 9.52. The van der Waals surface area contributed by atoms with Crippen molar-refractivity contribution < 1.29 is 4.74 Å². The van der Waals surface area contributed by atoms with Gasteiger partial charge in [-0.3, -0.25) is 0 Å². The largest absolute Gasteiger partial charge is 0.475 e. The first-order chi connectivity index (χ1) is 6.38. The fourth-order valence-electron chi connectivity index (χ4n) is 0.747. The molecule has 4 nitrogen and oxygen atoms in total. The molecule has 0 atom stereocenters. The first-order valence-electron chi connectivity index (χ1n) is 3.83. The maximum absolute atomic E-state index is 8.62. The summed E-state index contributed by atoms with van der Waals surface area (Å²) in [5.41, 5.74) is 0.214. The minimum atomic E-state index is 0.214. The van der Waals surface area contributed by atoms with Crippen LogP contribution in [-0.2, 0) is 0 Å². The van der Waals surface area contributed by atoms with Crippen LogP contribution < -0.4 is 4.74 Å². The molecule has 0 aromatic carbocycles. The predicted octanol–water partition coefficient (Wildman–Crippen LogP) is 1.30. The van der Waals surface area contributed by atoms with Gasteiger partial charge in [0, 0.05) is 12.4 Å². The summed E-state index contributed by atoms with van der Waals surface area (Å²) in [5.74, 6) is 0.284. The quantitative estimate of drug-likeness (QED) is 0.511. The van der Waals surface area contributed by atoms with Crippen molar-refractivity contribution in [2.45, 2.75) is 6.42 Å². The molecule has 1 aromatic rings. The van der Waals surface area contributed by atoms with E-state index < -0.39 is 0 Å². The van der Waals surface area contributed by atoms with Gasteiger partial charge in [0.25, 0.3) is 5.88 Å². The van der Waals surface area contributed by atoms with Gasteiger partial charge in [0.05, 0.1) is 6.61 Å². The second kappa shape index (κ2) is 4.88. The van der Waals surface area contributed by atoms with E-state index in [1.54, 1.807) is 6.08 Å². The third-order valence-corrected chi connectivity index (χ3v) is 1.33. The Morgan fingerprint density at radius 2 is 2.31 bits per heavy atom. The molecule has 0 saturated carbocycles. The van der Waals surface area contributed by atoms with Gasteiger partial charge in [0.1, 0.15) is 6.07 Å². The Balaban J connectivity index is 2.65. The lowest BCUT2D eigenvalue weighted by Gasteiger charge is -2.02. The highest BCUT2D eigenvalue weighted by Gasteiger charge is 2.03. The fourth-order valence-corrected chi connectivity index (χ4v) is 0.747. The SMILES string of the molecule is C=CCCOc1nccnc1C#N. The number of hydrogen-bond acceptors (Lipinski definition) is 4. The molecule has 0 amide bonds. The molecule has 0 bridgehead atoms. The molecule has 1 rings (SSSR count). The lowest BCUT2D eigenvalue weighted by atomic mass is 10.4. The average molecular weight is 175 g/mol. The number of rotatable bonds is 4. The van der Waals surface area contributed by atoms with Gasteiger partial charge < -0.3 is 4.74 Å². The molecule has 0 unspecified atom stereocenters. The molecule has 0 aliphatic carbocycles. The van der Waals surface area contributed by atoms with Crippen molar-refractivity contribution >= 4 is 0 Å². The molecule has 0 N–H and O–H groups in total. The second-order valence-corrected chi connectivity index (χ2v) is 2.25. The molecule has 0 aliphatic rings. The Morgan fingerprint density at radius 3 is 3.00 bits per heavy atom. The Hall–Kier alpha value is -1.89. The molecule has 0 aliphatic heterocycles. The van der Waals surface area contributed by atoms with Gasteiger partial charge in [0.2, 0.25) is 5.69 Å². The summed E-state index contributed by atoms with van der Waals surface area (Å²) in [4.78, 5) is 7.68. The predicted molar refractivity (Wildman–Crippen MR) is 47.1 cm³/mol. The van der Waals surface area contributed by atoms with E-state index >= 15 is 0 Å². The van der Waals surface area contributed by atoms with Crippen molar-refractivity contribution in [1.29, 1.82) is 5.26 Å². The number of nitriles is 1. The minimum Gasteiger partial charge on any atom is -0.475 e. The van der Waals surface area contributed by atoms with E-state index in [-0.39, 0.29) is 11.6 Å². The topological polar surface area (TPSA) is 58.8 Å². The molecular weight excluding hydrogens is 166 g/mol. The van der Waals surface area contributed by atoms with Crippen molar-refractivity contribution in [2.75, 3.05) is 6.61 Å². The van der Waals surface area contributed by atoms with Crippen LogP contribution in [0.3, 0.4) is 0 Å². The van der Waals surface area contributed by atoms with Crippen LogP contribution in [-0.4, -0.2) is 16.6 Å². The maximum atomic E-state index is 8.62. The highest BCUT2D eigenvalue weighted by molar-refractivity contribution is 5.29. The first-order valence-corrected chi connectivity index (χ1v) is 3.83. The van der Waals surface area contributed by atoms with Gasteiger partial charge in [-0.05, 0) is 6.42 Å². The fraction of sp³-hybridized carbons (Fsp3) is 0.222. The summed E-state index contributed by atoms with van der Waals surface area (Å²) >= 11 is 0. The third kappa shape index (κ3) is 2.56. The third-order valence-electron chi connectivity index (χ3n) is 1.33. The normalized spacial score (nSPS) is 8.85. The molecule has 1 aromatic heterocycles. The zero-order valence-corrected chi connectivity index (χ0v) is 7.10. The highest BCUT2D eigenvalue weighted by atomic mass is 16.5. The Morgan fingerprint density at radius 1 is 1.54 bits per heavy atom. The van der Waals surface area contributed by atoms with Gasteiger partial charge in [0.15, 0.2) is 0 Å². The Kier molecular flexibility index (Phi) is 3.45. The summed E-state index contributed by atoms with van der Waals surface area (Å²) in [6, 6.07) is 1.90. The van der Waals surface area contributed by atoms with E-state index in [0.29, 0.717) is 6.61 Å². The number of ether oxygens (including phenoxy) is 1. The van der Waals surface area contributed by atoms with Crippen molar-refractivity contribution in [2.24, 2.45) is 0 Å². The summed E-state index contributed by atoms with van der Waals surface area (Å²) in [7, 11) is 0. The van der Waals surface area contributed by atoms with Crippen LogP contribution in [0, 0.1) is 11.3 Å². The van der Waals surface area contributed by atoms with E-state index in [4.69, 9.17) is 10.00 Å². The van der Waals surface area contributed by atoms with Crippen LogP contribution in [0.1, 0.15) is 12.1 Å². The number of nitrogens with zero attached hydrogens (tertiary/aromatic N) is 3. The summed E-state index contributed by atoms with van der Waals surface area (Å²) in [6.45, 7) is 4.02. The Labute approximate surface area is 76.5 Å². The lowest BCUT2D eigenvalue weighted by Crippen LogP contribution is -2.00. The summed E-state index contributed by atoms with van der Waals surface area (Å²) in [5, 5.41) is 8.62. The molecule has 66 valence electrons. The summed E-state index contributed by atoms with van der Waals surface area (Å²) < 4.78 is 5.20. The van der Waals surface area contributed by atoms with Crippen LogP contribution in [0.5, 0.6) is 5.88 Å². The molecule has 0 fully saturated rings. The van der Waals surface area contributed by atoms with Crippen LogP contribution in [0.15, 0.2) is 25.0 Å². The lowest BCUT2D eigenvalue weighted by molar-refractivity contribution is 0.310. The van der Waals surface area contributed by atoms with Crippen molar-refractivity contribution in [3.05, 3.63) is 30.7 Å². The molecular formula is C9H9N3O. The first kappa shape index (κ1) is 9.20. The van der Waals surface area contributed by atoms with Gasteiger partial charge in [-0.1, -0.05) is 6.08 Å². The monoisotopic (exact) mass is 175 g/mol. The molecule has 1 heterocycles. The smallest absolute Gasteiger partial charge is 0.251 e. The van der Waals surface area contributed by atoms with Crippen molar-refractivity contribution in [3.63, 3.8) is 0 Å². The molecule has 0 spiro atoms. The van der Waals surface area contributed by atoms with Crippen LogP contribution in [0.4, 0.5) is 0 Å². The van der Waals surface area contributed by atoms with Gasteiger partial charge in [-0.2, -0.15) is 5.26 Å². The van der Waals surface area contributed by atoms with E-state index in [0.717, 1.165) is 6.42 Å². The van der Waals surface area contributed by atoms with E-state index in [9.17, 15) is 0 Å². The van der Waals surface area contributed by atoms with Gasteiger partial charge in [-0.25, -0.2) is 9.97 Å². The van der Waals surface area contributed by atoms with Gasteiger partial charge in [-0.15, -0.1) is 6.58 Å². The van der Waals surface area contributed by atoms with E-state index in [1.165, 1.54) is 12.4 Å². The average Bonchev–Trinajstić information content (AvgIpc) is 2.19. The minimum absolute atomic E-state index is 0.214. The maximum Gasteiger partial charge on any atom is 0.251 e. The zero-order valence-electron chi connectivity index (χ0n) is 7.10. The molecule has 0 radical (unpaired) electrons. The van der Waals surface area contributed by atoms with E-state index in [2.05, 4.69) is 16.5 Å². The van der Waals surface area contributed by atoms with Crippen LogP contribution in [0.2, 0.25) is 0 Å². The summed E-state index contributed by atoms with van der Waals surface area (Å²) in [6.07, 6.45) is 5.41.